The van der Waals surface area contributed by atoms with Crippen molar-refractivity contribution in [1.29, 1.82) is 0 Å². The van der Waals surface area contributed by atoms with Crippen LogP contribution in [-0.4, -0.2) is 18.4 Å². The molecular weight excluding hydrogens is 312 g/mol. The number of hydrogen-bond donors (Lipinski definition) is 1. The molecule has 2 amide bonds. The second-order valence-corrected chi connectivity index (χ2v) is 6.47. The largest absolute Gasteiger partial charge is 0.321 e. The van der Waals surface area contributed by atoms with Crippen LogP contribution < -0.4 is 10.2 Å². The van der Waals surface area contributed by atoms with Gasteiger partial charge in [-0.15, -0.1) is 0 Å². The monoisotopic (exact) mass is 336 g/mol. The Morgan fingerprint density at radius 3 is 2.56 bits per heavy atom. The summed E-state index contributed by atoms with van der Waals surface area (Å²) in [5, 5.41) is 3.03. The summed E-state index contributed by atoms with van der Waals surface area (Å²) < 4.78 is 0. The molecule has 1 N–H and O–H groups in total. The molecule has 0 saturated carbocycles. The van der Waals surface area contributed by atoms with E-state index in [-0.39, 0.29) is 11.8 Å². The van der Waals surface area contributed by atoms with E-state index in [4.69, 9.17) is 0 Å². The summed E-state index contributed by atoms with van der Waals surface area (Å²) in [5.41, 5.74) is 4.54. The third kappa shape index (κ3) is 3.73. The number of nitrogens with zero attached hydrogens (tertiary/aromatic N) is 1. The second kappa shape index (κ2) is 7.51. The van der Waals surface area contributed by atoms with Crippen LogP contribution in [0.5, 0.6) is 0 Å². The van der Waals surface area contributed by atoms with Gasteiger partial charge in [0, 0.05) is 29.9 Å². The van der Waals surface area contributed by atoms with Gasteiger partial charge in [-0.2, -0.15) is 0 Å². The molecule has 1 fully saturated rings. The zero-order valence-electron chi connectivity index (χ0n) is 14.8. The fourth-order valence-electron chi connectivity index (χ4n) is 3.26. The topological polar surface area (TPSA) is 49.4 Å². The van der Waals surface area contributed by atoms with Crippen LogP contribution >= 0.6 is 0 Å². The number of hydrogen-bond acceptors (Lipinski definition) is 2. The van der Waals surface area contributed by atoms with E-state index in [9.17, 15) is 9.59 Å². The van der Waals surface area contributed by atoms with Gasteiger partial charge in [-0.1, -0.05) is 25.1 Å². The fourth-order valence-corrected chi connectivity index (χ4v) is 3.26. The Balaban J connectivity index is 1.76. The minimum absolute atomic E-state index is 0.125. The minimum atomic E-state index is -0.125. The van der Waals surface area contributed by atoms with Gasteiger partial charge in [0.25, 0.3) is 5.91 Å². The lowest BCUT2D eigenvalue weighted by atomic mass is 10.0. The predicted octanol–water partition coefficient (Wildman–Crippen LogP) is 4.33. The first-order chi connectivity index (χ1) is 12.1. The third-order valence-electron chi connectivity index (χ3n) is 4.74. The van der Waals surface area contributed by atoms with Crippen LogP contribution in [0.1, 0.15) is 47.7 Å². The summed E-state index contributed by atoms with van der Waals surface area (Å²) in [6.45, 7) is 4.84. The first-order valence-corrected chi connectivity index (χ1v) is 8.90. The number of para-hydroxylation sites is 1. The van der Waals surface area contributed by atoms with Gasteiger partial charge in [-0.3, -0.25) is 9.59 Å². The van der Waals surface area contributed by atoms with Crippen molar-refractivity contribution in [3.63, 3.8) is 0 Å². The van der Waals surface area contributed by atoms with Crippen molar-refractivity contribution in [2.75, 3.05) is 16.8 Å². The SMILES string of the molecule is CCc1cccc(C)c1NC(=O)c1ccc(N2CCCCC2=O)cc1. The third-order valence-corrected chi connectivity index (χ3v) is 4.74. The van der Waals surface area contributed by atoms with E-state index in [1.807, 2.05) is 42.2 Å². The smallest absolute Gasteiger partial charge is 0.255 e. The van der Waals surface area contributed by atoms with Crippen LogP contribution in [0.25, 0.3) is 0 Å². The molecule has 2 aromatic carbocycles. The van der Waals surface area contributed by atoms with E-state index in [1.54, 1.807) is 12.1 Å². The van der Waals surface area contributed by atoms with Crippen molar-refractivity contribution in [2.45, 2.75) is 39.5 Å². The number of aryl methyl sites for hydroxylation is 2. The van der Waals surface area contributed by atoms with E-state index < -0.39 is 0 Å². The highest BCUT2D eigenvalue weighted by Crippen LogP contribution is 2.24. The zero-order valence-corrected chi connectivity index (χ0v) is 14.8. The Morgan fingerprint density at radius 1 is 1.12 bits per heavy atom. The Hall–Kier alpha value is -2.62. The molecule has 2 aromatic rings. The van der Waals surface area contributed by atoms with E-state index in [0.717, 1.165) is 48.3 Å². The number of carbonyl (C=O) groups is 2. The molecule has 1 aliphatic heterocycles. The Bertz CT molecular complexity index is 781. The van der Waals surface area contributed by atoms with Gasteiger partial charge in [0.2, 0.25) is 5.91 Å². The number of benzene rings is 2. The Morgan fingerprint density at radius 2 is 1.88 bits per heavy atom. The van der Waals surface area contributed by atoms with Crippen LogP contribution in [0.3, 0.4) is 0 Å². The molecule has 4 nitrogen and oxygen atoms in total. The molecule has 130 valence electrons. The van der Waals surface area contributed by atoms with Gasteiger partial charge < -0.3 is 10.2 Å². The molecule has 0 aromatic heterocycles. The van der Waals surface area contributed by atoms with Gasteiger partial charge in [0.1, 0.15) is 0 Å². The van der Waals surface area contributed by atoms with Crippen molar-refractivity contribution in [2.24, 2.45) is 0 Å². The summed E-state index contributed by atoms with van der Waals surface area (Å²) in [6.07, 6.45) is 3.47. The lowest BCUT2D eigenvalue weighted by Crippen LogP contribution is -2.35. The number of anilines is 2. The maximum atomic E-state index is 12.6. The van der Waals surface area contributed by atoms with Gasteiger partial charge in [0.05, 0.1) is 0 Å². The summed E-state index contributed by atoms with van der Waals surface area (Å²) in [6, 6.07) is 13.3. The van der Waals surface area contributed by atoms with E-state index >= 15 is 0 Å². The van der Waals surface area contributed by atoms with Gasteiger partial charge in [-0.05, 0) is 61.6 Å². The molecular formula is C21H24N2O2. The Labute approximate surface area is 148 Å². The number of rotatable bonds is 4. The summed E-state index contributed by atoms with van der Waals surface area (Å²) >= 11 is 0. The molecule has 1 heterocycles. The first-order valence-electron chi connectivity index (χ1n) is 8.90. The predicted molar refractivity (Wildman–Crippen MR) is 101 cm³/mol. The van der Waals surface area contributed by atoms with Crippen LogP contribution in [0.15, 0.2) is 42.5 Å². The Kier molecular flexibility index (Phi) is 5.17. The summed E-state index contributed by atoms with van der Waals surface area (Å²) in [4.78, 5) is 26.4. The van der Waals surface area contributed by atoms with Crippen molar-refractivity contribution >= 4 is 23.2 Å². The zero-order chi connectivity index (χ0) is 17.8. The lowest BCUT2D eigenvalue weighted by molar-refractivity contribution is -0.119. The van der Waals surface area contributed by atoms with Crippen molar-refractivity contribution in [1.82, 2.24) is 0 Å². The highest BCUT2D eigenvalue weighted by atomic mass is 16.2. The first kappa shape index (κ1) is 17.2. The average molecular weight is 336 g/mol. The number of amides is 2. The van der Waals surface area contributed by atoms with Gasteiger partial charge in [-0.25, -0.2) is 0 Å². The maximum absolute atomic E-state index is 12.6. The highest BCUT2D eigenvalue weighted by molar-refractivity contribution is 6.05. The maximum Gasteiger partial charge on any atom is 0.255 e. The van der Waals surface area contributed by atoms with Gasteiger partial charge >= 0.3 is 0 Å². The molecule has 0 bridgehead atoms. The molecule has 1 aliphatic rings. The van der Waals surface area contributed by atoms with Crippen LogP contribution in [-0.2, 0) is 11.2 Å². The van der Waals surface area contributed by atoms with Crippen LogP contribution in [0.4, 0.5) is 11.4 Å². The number of carbonyl (C=O) groups excluding carboxylic acids is 2. The van der Waals surface area contributed by atoms with Crippen molar-refractivity contribution in [3.05, 3.63) is 59.2 Å². The normalized spacial score (nSPS) is 14.5. The molecule has 0 radical (unpaired) electrons. The lowest BCUT2D eigenvalue weighted by Gasteiger charge is -2.26. The van der Waals surface area contributed by atoms with E-state index in [0.29, 0.717) is 12.0 Å². The minimum Gasteiger partial charge on any atom is -0.321 e. The van der Waals surface area contributed by atoms with Crippen molar-refractivity contribution < 1.29 is 9.59 Å². The fraction of sp³-hybridized carbons (Fsp3) is 0.333. The van der Waals surface area contributed by atoms with Crippen LogP contribution in [0, 0.1) is 6.92 Å². The molecule has 4 heteroatoms. The summed E-state index contributed by atoms with van der Waals surface area (Å²) in [5.74, 6) is 0.0384. The number of piperidine rings is 1. The molecule has 3 rings (SSSR count). The van der Waals surface area contributed by atoms with Gasteiger partial charge in [0.15, 0.2) is 0 Å². The number of nitrogens with one attached hydrogen (secondary N) is 1. The molecule has 0 atom stereocenters. The molecule has 0 aliphatic carbocycles. The average Bonchev–Trinajstić information content (AvgIpc) is 2.64. The van der Waals surface area contributed by atoms with Crippen molar-refractivity contribution in [3.8, 4) is 0 Å². The quantitative estimate of drug-likeness (QED) is 0.903. The standard InChI is InChI=1S/C21H24N2O2/c1-3-16-8-6-7-15(2)20(16)22-21(25)17-10-12-18(13-11-17)23-14-5-4-9-19(23)24/h6-8,10-13H,3-5,9,14H2,1-2H3,(H,22,25). The molecule has 1 saturated heterocycles. The van der Waals surface area contributed by atoms with E-state index in [2.05, 4.69) is 12.2 Å². The molecule has 0 unspecified atom stereocenters. The highest BCUT2D eigenvalue weighted by Gasteiger charge is 2.20. The molecule has 25 heavy (non-hydrogen) atoms. The van der Waals surface area contributed by atoms with Crippen LogP contribution in [0.2, 0.25) is 0 Å². The van der Waals surface area contributed by atoms with E-state index in [1.165, 1.54) is 0 Å². The molecule has 0 spiro atoms. The summed E-state index contributed by atoms with van der Waals surface area (Å²) in [7, 11) is 0. The second-order valence-electron chi connectivity index (χ2n) is 6.47.